The van der Waals surface area contributed by atoms with Crippen LogP contribution >= 0.6 is 0 Å². The van der Waals surface area contributed by atoms with Crippen molar-refractivity contribution >= 4 is 17.4 Å². The van der Waals surface area contributed by atoms with Crippen LogP contribution in [0.4, 0.5) is 0 Å². The number of aliphatic hydroxyl groups is 1. The van der Waals surface area contributed by atoms with Gasteiger partial charge in [-0.3, -0.25) is 9.59 Å². The number of likely N-dealkylation sites (tertiary alicyclic amines) is 1. The van der Waals surface area contributed by atoms with Gasteiger partial charge in [0.25, 0.3) is 11.7 Å². The number of nitrogens with zero attached hydrogens (tertiary/aromatic N) is 1. The summed E-state index contributed by atoms with van der Waals surface area (Å²) in [4.78, 5) is 27.3. The fourth-order valence-corrected chi connectivity index (χ4v) is 3.68. The molecule has 6 nitrogen and oxygen atoms in total. The van der Waals surface area contributed by atoms with E-state index in [4.69, 9.17) is 9.47 Å². The summed E-state index contributed by atoms with van der Waals surface area (Å²) in [5.41, 5.74) is 2.30. The van der Waals surface area contributed by atoms with E-state index in [1.165, 1.54) is 12.0 Å². The number of Topliss-reactive ketones (excluding diaryl/α,β-unsaturated/α-hetero) is 1. The number of ketones is 1. The second-order valence-electron chi connectivity index (χ2n) is 7.33. The molecule has 1 aliphatic heterocycles. The fraction of sp³-hybridized carbons (Fsp3) is 0.333. The molecule has 158 valence electrons. The van der Waals surface area contributed by atoms with Gasteiger partial charge in [0.15, 0.2) is 11.5 Å². The third kappa shape index (κ3) is 3.90. The normalized spacial score (nSPS) is 18.0. The van der Waals surface area contributed by atoms with Gasteiger partial charge in [0.05, 0.1) is 25.8 Å². The summed E-state index contributed by atoms with van der Waals surface area (Å²) in [5.74, 6) is -0.412. The molecule has 0 aliphatic carbocycles. The molecule has 0 unspecified atom stereocenters. The minimum atomic E-state index is -0.697. The van der Waals surface area contributed by atoms with Crippen molar-refractivity contribution in [3.05, 3.63) is 64.7 Å². The molecule has 0 bridgehead atoms. The average molecular weight is 409 g/mol. The smallest absolute Gasteiger partial charge is 0.295 e. The number of carbonyl (C=O) groups is 2. The second-order valence-corrected chi connectivity index (χ2v) is 7.33. The van der Waals surface area contributed by atoms with Crippen LogP contribution < -0.4 is 9.47 Å². The molecule has 30 heavy (non-hydrogen) atoms. The van der Waals surface area contributed by atoms with Crippen LogP contribution in [0, 0.1) is 6.92 Å². The Morgan fingerprint density at radius 3 is 2.30 bits per heavy atom. The van der Waals surface area contributed by atoms with Crippen molar-refractivity contribution in [3.63, 3.8) is 0 Å². The summed E-state index contributed by atoms with van der Waals surface area (Å²) in [7, 11) is 3.07. The predicted molar refractivity (Wildman–Crippen MR) is 115 cm³/mol. The molecule has 1 N–H and O–H groups in total. The highest BCUT2D eigenvalue weighted by molar-refractivity contribution is 6.46. The van der Waals surface area contributed by atoms with Gasteiger partial charge < -0.3 is 19.5 Å². The average Bonchev–Trinajstić information content (AvgIpc) is 3.01. The number of ether oxygens (including phenoxy) is 2. The van der Waals surface area contributed by atoms with E-state index in [1.54, 1.807) is 37.4 Å². The highest BCUT2D eigenvalue weighted by Gasteiger charge is 2.45. The van der Waals surface area contributed by atoms with Crippen molar-refractivity contribution in [1.82, 2.24) is 4.90 Å². The number of aryl methyl sites for hydroxylation is 1. The zero-order valence-electron chi connectivity index (χ0n) is 17.8. The number of benzene rings is 2. The van der Waals surface area contributed by atoms with E-state index in [1.807, 2.05) is 26.0 Å². The number of rotatable bonds is 7. The van der Waals surface area contributed by atoms with Gasteiger partial charge in [0.2, 0.25) is 0 Å². The molecule has 1 heterocycles. The van der Waals surface area contributed by atoms with E-state index in [9.17, 15) is 14.7 Å². The molecule has 2 aromatic rings. The lowest BCUT2D eigenvalue weighted by Gasteiger charge is -2.25. The Hall–Kier alpha value is -3.28. The molecule has 2 aromatic carbocycles. The van der Waals surface area contributed by atoms with Crippen LogP contribution in [0.1, 0.15) is 42.5 Å². The summed E-state index contributed by atoms with van der Waals surface area (Å²) in [6.07, 6.45) is 1.63. The van der Waals surface area contributed by atoms with E-state index in [0.29, 0.717) is 29.2 Å². The maximum atomic E-state index is 13.0. The number of unbranched alkanes of at least 4 members (excludes halogenated alkanes) is 1. The molecule has 3 rings (SSSR count). The van der Waals surface area contributed by atoms with E-state index in [-0.39, 0.29) is 11.3 Å². The first kappa shape index (κ1) is 21.4. The van der Waals surface area contributed by atoms with Crippen molar-refractivity contribution in [3.8, 4) is 11.5 Å². The van der Waals surface area contributed by atoms with Crippen molar-refractivity contribution in [2.24, 2.45) is 0 Å². The quantitative estimate of drug-likeness (QED) is 0.421. The molecule has 0 spiro atoms. The Kier molecular flexibility index (Phi) is 6.45. The molecule has 1 atom stereocenters. The summed E-state index contributed by atoms with van der Waals surface area (Å²) in [6, 6.07) is 11.8. The molecule has 0 saturated carbocycles. The third-order valence-corrected chi connectivity index (χ3v) is 5.34. The highest BCUT2D eigenvalue weighted by Crippen LogP contribution is 2.42. The van der Waals surface area contributed by atoms with Gasteiger partial charge in [-0.05, 0) is 31.0 Å². The van der Waals surface area contributed by atoms with Crippen LogP contribution in [-0.2, 0) is 9.59 Å². The number of carbonyl (C=O) groups excluding carboxylic acids is 2. The van der Waals surface area contributed by atoms with Gasteiger partial charge in [0, 0.05) is 12.1 Å². The lowest BCUT2D eigenvalue weighted by atomic mass is 9.94. The number of methoxy groups -OCH3 is 2. The summed E-state index contributed by atoms with van der Waals surface area (Å²) in [6.45, 7) is 4.39. The maximum Gasteiger partial charge on any atom is 0.295 e. The molecular formula is C24H27NO5. The minimum Gasteiger partial charge on any atom is -0.507 e. The number of amides is 1. The number of aliphatic hydroxyl groups excluding tert-OH is 1. The van der Waals surface area contributed by atoms with E-state index < -0.39 is 17.7 Å². The standard InChI is InChI=1S/C24H27NO5/c1-5-6-13-25-21(17-11-12-18(29-3)19(14-17)30-4)20(23(27)24(25)28)22(26)16-9-7-15(2)8-10-16/h7-12,14,21,26H,5-6,13H2,1-4H3/b22-20+/t21-/m1/s1. The summed E-state index contributed by atoms with van der Waals surface area (Å²) < 4.78 is 10.7. The molecule has 0 radical (unpaired) electrons. The van der Waals surface area contributed by atoms with Crippen molar-refractivity contribution < 1.29 is 24.2 Å². The SMILES string of the molecule is CCCCN1C(=O)C(=O)/C(=C(/O)c2ccc(C)cc2)[C@H]1c1ccc(OC)c(OC)c1. The Morgan fingerprint density at radius 1 is 1.03 bits per heavy atom. The lowest BCUT2D eigenvalue weighted by Crippen LogP contribution is -2.30. The van der Waals surface area contributed by atoms with Crippen LogP contribution in [0.3, 0.4) is 0 Å². The van der Waals surface area contributed by atoms with Crippen molar-refractivity contribution in [1.29, 1.82) is 0 Å². The van der Waals surface area contributed by atoms with Crippen molar-refractivity contribution in [2.75, 3.05) is 20.8 Å². The zero-order valence-corrected chi connectivity index (χ0v) is 17.8. The minimum absolute atomic E-state index is 0.0900. The zero-order chi connectivity index (χ0) is 21.8. The van der Waals surface area contributed by atoms with Crippen molar-refractivity contribution in [2.45, 2.75) is 32.7 Å². The van der Waals surface area contributed by atoms with Gasteiger partial charge in [-0.2, -0.15) is 0 Å². The Balaban J connectivity index is 2.18. The third-order valence-electron chi connectivity index (χ3n) is 5.34. The largest absolute Gasteiger partial charge is 0.507 e. The van der Waals surface area contributed by atoms with Crippen LogP contribution in [0.5, 0.6) is 11.5 Å². The Bertz CT molecular complexity index is 978. The number of hydrogen-bond donors (Lipinski definition) is 1. The summed E-state index contributed by atoms with van der Waals surface area (Å²) >= 11 is 0. The molecule has 1 aliphatic rings. The lowest BCUT2D eigenvalue weighted by molar-refractivity contribution is -0.139. The molecule has 6 heteroatoms. The van der Waals surface area contributed by atoms with Crippen LogP contribution in [0.25, 0.3) is 5.76 Å². The van der Waals surface area contributed by atoms with Gasteiger partial charge in [0.1, 0.15) is 5.76 Å². The van der Waals surface area contributed by atoms with Gasteiger partial charge in [-0.1, -0.05) is 49.2 Å². The van der Waals surface area contributed by atoms with E-state index in [0.717, 1.165) is 18.4 Å². The van der Waals surface area contributed by atoms with E-state index in [2.05, 4.69) is 0 Å². The van der Waals surface area contributed by atoms with E-state index >= 15 is 0 Å². The topological polar surface area (TPSA) is 76.1 Å². The van der Waals surface area contributed by atoms with Gasteiger partial charge in [-0.25, -0.2) is 0 Å². The Labute approximate surface area is 176 Å². The molecule has 1 fully saturated rings. The van der Waals surface area contributed by atoms with Gasteiger partial charge >= 0.3 is 0 Å². The molecule has 1 saturated heterocycles. The summed E-state index contributed by atoms with van der Waals surface area (Å²) in [5, 5.41) is 11.0. The van der Waals surface area contributed by atoms with Gasteiger partial charge in [-0.15, -0.1) is 0 Å². The molecule has 1 amide bonds. The van der Waals surface area contributed by atoms with Crippen LogP contribution in [-0.4, -0.2) is 42.5 Å². The monoisotopic (exact) mass is 409 g/mol. The van der Waals surface area contributed by atoms with Crippen LogP contribution in [0.2, 0.25) is 0 Å². The van der Waals surface area contributed by atoms with Crippen LogP contribution in [0.15, 0.2) is 48.0 Å². The first-order valence-corrected chi connectivity index (χ1v) is 10.00. The Morgan fingerprint density at radius 2 is 1.70 bits per heavy atom. The maximum absolute atomic E-state index is 13.0. The first-order chi connectivity index (χ1) is 14.4. The highest BCUT2D eigenvalue weighted by atomic mass is 16.5. The molecule has 0 aromatic heterocycles. The number of hydrogen-bond acceptors (Lipinski definition) is 5. The predicted octanol–water partition coefficient (Wildman–Crippen LogP) is 4.23. The molecular weight excluding hydrogens is 382 g/mol. The fourth-order valence-electron chi connectivity index (χ4n) is 3.68. The first-order valence-electron chi connectivity index (χ1n) is 10.00. The second kappa shape index (κ2) is 9.03.